The summed E-state index contributed by atoms with van der Waals surface area (Å²) in [5.74, 6) is -0.579. The lowest BCUT2D eigenvalue weighted by atomic mass is 10.1. The van der Waals surface area contributed by atoms with Crippen molar-refractivity contribution in [2.75, 3.05) is 32.5 Å². The molecule has 0 aromatic heterocycles. The number of nitrogens with zero attached hydrogens (tertiary/aromatic N) is 1. The summed E-state index contributed by atoms with van der Waals surface area (Å²) in [6, 6.07) is 5.70. The topological polar surface area (TPSA) is 75.7 Å². The van der Waals surface area contributed by atoms with Gasteiger partial charge in [-0.15, -0.1) is 0 Å². The van der Waals surface area contributed by atoms with Crippen molar-refractivity contribution >= 4 is 15.9 Å². The van der Waals surface area contributed by atoms with Crippen molar-refractivity contribution in [3.63, 3.8) is 0 Å². The van der Waals surface area contributed by atoms with Gasteiger partial charge >= 0.3 is 0 Å². The van der Waals surface area contributed by atoms with Crippen LogP contribution in [0.2, 0.25) is 0 Å². The van der Waals surface area contributed by atoms with Crippen LogP contribution in [0.3, 0.4) is 0 Å². The van der Waals surface area contributed by atoms with E-state index in [4.69, 9.17) is 4.74 Å². The summed E-state index contributed by atoms with van der Waals surface area (Å²) in [4.78, 5) is 11.9. The summed E-state index contributed by atoms with van der Waals surface area (Å²) >= 11 is 0. The summed E-state index contributed by atoms with van der Waals surface area (Å²) in [6.45, 7) is 1.40. The van der Waals surface area contributed by atoms with E-state index >= 15 is 0 Å². The van der Waals surface area contributed by atoms with E-state index in [0.29, 0.717) is 18.7 Å². The van der Waals surface area contributed by atoms with E-state index in [1.165, 1.54) is 16.4 Å². The highest BCUT2D eigenvalue weighted by Gasteiger charge is 2.24. The molecule has 8 heteroatoms. The third-order valence-corrected chi connectivity index (χ3v) is 5.13. The molecule has 6 nitrogen and oxygen atoms in total. The molecule has 1 aliphatic heterocycles. The Kier molecular flexibility index (Phi) is 6.70. The molecular formula is C16H23FN2O4S. The zero-order chi connectivity index (χ0) is 17.6. The Morgan fingerprint density at radius 1 is 1.38 bits per heavy atom. The van der Waals surface area contributed by atoms with Crippen LogP contribution in [0.5, 0.6) is 0 Å². The zero-order valence-electron chi connectivity index (χ0n) is 13.7. The van der Waals surface area contributed by atoms with Crippen LogP contribution in [0.4, 0.5) is 4.39 Å². The standard InChI is InChI=1S/C16H23FN2O4S/c1-24(21,22)19(12-15-3-2-10-23-15)9-8-18-16(20)11-13-4-6-14(17)7-5-13/h4-7,15H,2-3,8-12H2,1H3,(H,18,20). The number of hydrogen-bond donors (Lipinski definition) is 1. The number of carbonyl (C=O) groups is 1. The third kappa shape index (κ3) is 6.18. The van der Waals surface area contributed by atoms with Gasteiger partial charge in [-0.3, -0.25) is 4.79 Å². The highest BCUT2D eigenvalue weighted by molar-refractivity contribution is 7.88. The van der Waals surface area contributed by atoms with Crippen LogP contribution in [0.1, 0.15) is 18.4 Å². The smallest absolute Gasteiger partial charge is 0.224 e. The maximum atomic E-state index is 12.8. The number of halogens is 1. The molecule has 1 aromatic rings. The molecule has 1 N–H and O–H groups in total. The number of nitrogens with one attached hydrogen (secondary N) is 1. The van der Waals surface area contributed by atoms with Crippen LogP contribution < -0.4 is 5.32 Å². The zero-order valence-corrected chi connectivity index (χ0v) is 14.5. The predicted octanol–water partition coefficient (Wildman–Crippen LogP) is 0.925. The third-order valence-electron chi connectivity index (χ3n) is 3.86. The van der Waals surface area contributed by atoms with Crippen LogP contribution in [0.15, 0.2) is 24.3 Å². The number of rotatable bonds is 8. The number of carbonyl (C=O) groups excluding carboxylic acids is 1. The maximum absolute atomic E-state index is 12.8. The summed E-state index contributed by atoms with van der Waals surface area (Å²) < 4.78 is 43.3. The van der Waals surface area contributed by atoms with Gasteiger partial charge in [-0.2, -0.15) is 4.31 Å². The van der Waals surface area contributed by atoms with Gasteiger partial charge in [-0.25, -0.2) is 12.8 Å². The summed E-state index contributed by atoms with van der Waals surface area (Å²) in [5.41, 5.74) is 0.702. The van der Waals surface area contributed by atoms with Gasteiger partial charge in [0.15, 0.2) is 0 Å². The molecule has 0 aliphatic carbocycles. The molecule has 0 bridgehead atoms. The van der Waals surface area contributed by atoms with Gasteiger partial charge in [0.2, 0.25) is 15.9 Å². The number of benzene rings is 1. The van der Waals surface area contributed by atoms with E-state index in [9.17, 15) is 17.6 Å². The van der Waals surface area contributed by atoms with Crippen molar-refractivity contribution in [2.24, 2.45) is 0 Å². The Morgan fingerprint density at radius 3 is 2.67 bits per heavy atom. The molecule has 0 spiro atoms. The van der Waals surface area contributed by atoms with Crippen molar-refractivity contribution in [3.05, 3.63) is 35.6 Å². The van der Waals surface area contributed by atoms with E-state index in [2.05, 4.69) is 5.32 Å². The second kappa shape index (κ2) is 8.55. The van der Waals surface area contributed by atoms with Gasteiger partial charge in [0, 0.05) is 26.2 Å². The average molecular weight is 358 g/mol. The molecule has 1 aromatic carbocycles. The fourth-order valence-electron chi connectivity index (χ4n) is 2.58. The Hall–Kier alpha value is -1.51. The minimum atomic E-state index is -3.35. The molecule has 2 rings (SSSR count). The van der Waals surface area contributed by atoms with Gasteiger partial charge in [0.05, 0.1) is 18.8 Å². The lowest BCUT2D eigenvalue weighted by Gasteiger charge is -2.23. The van der Waals surface area contributed by atoms with E-state index in [-0.39, 0.29) is 37.3 Å². The molecule has 1 unspecified atom stereocenters. The maximum Gasteiger partial charge on any atom is 0.224 e. The second-order valence-corrected chi connectivity index (χ2v) is 7.89. The average Bonchev–Trinajstić information content (AvgIpc) is 3.01. The summed E-state index contributed by atoms with van der Waals surface area (Å²) in [5, 5.41) is 2.69. The Balaban J connectivity index is 1.78. The molecular weight excluding hydrogens is 335 g/mol. The van der Waals surface area contributed by atoms with E-state index in [1.54, 1.807) is 12.1 Å². The van der Waals surface area contributed by atoms with E-state index in [1.807, 2.05) is 0 Å². The summed E-state index contributed by atoms with van der Waals surface area (Å²) in [6.07, 6.45) is 3.00. The lowest BCUT2D eigenvalue weighted by molar-refractivity contribution is -0.120. The Morgan fingerprint density at radius 2 is 2.08 bits per heavy atom. The van der Waals surface area contributed by atoms with Crippen LogP contribution in [0, 0.1) is 5.82 Å². The van der Waals surface area contributed by atoms with Crippen molar-refractivity contribution in [3.8, 4) is 0 Å². The molecule has 1 aliphatic rings. The first-order valence-electron chi connectivity index (χ1n) is 7.92. The first-order valence-corrected chi connectivity index (χ1v) is 9.77. The molecule has 1 heterocycles. The van der Waals surface area contributed by atoms with Gasteiger partial charge < -0.3 is 10.1 Å². The van der Waals surface area contributed by atoms with Crippen LogP contribution in [-0.4, -0.2) is 57.2 Å². The molecule has 24 heavy (non-hydrogen) atoms. The van der Waals surface area contributed by atoms with Crippen molar-refractivity contribution in [2.45, 2.75) is 25.4 Å². The largest absolute Gasteiger partial charge is 0.377 e. The number of hydrogen-bond acceptors (Lipinski definition) is 4. The molecule has 1 atom stereocenters. The first-order chi connectivity index (χ1) is 11.3. The normalized spacial score (nSPS) is 18.0. The monoisotopic (exact) mass is 358 g/mol. The minimum Gasteiger partial charge on any atom is -0.377 e. The van der Waals surface area contributed by atoms with Crippen molar-refractivity contribution < 1.29 is 22.3 Å². The van der Waals surface area contributed by atoms with E-state index in [0.717, 1.165) is 19.1 Å². The minimum absolute atomic E-state index is 0.0744. The number of amides is 1. The van der Waals surface area contributed by atoms with E-state index < -0.39 is 10.0 Å². The number of ether oxygens (including phenoxy) is 1. The predicted molar refractivity (Wildman–Crippen MR) is 88.5 cm³/mol. The second-order valence-electron chi connectivity index (χ2n) is 5.91. The molecule has 1 fully saturated rings. The molecule has 134 valence electrons. The molecule has 1 saturated heterocycles. The van der Waals surface area contributed by atoms with Crippen LogP contribution in [-0.2, 0) is 26.0 Å². The quantitative estimate of drug-likeness (QED) is 0.750. The fraction of sp³-hybridized carbons (Fsp3) is 0.562. The van der Waals surface area contributed by atoms with Crippen LogP contribution in [0.25, 0.3) is 0 Å². The highest BCUT2D eigenvalue weighted by atomic mass is 32.2. The van der Waals surface area contributed by atoms with Gasteiger partial charge in [0.1, 0.15) is 5.82 Å². The van der Waals surface area contributed by atoms with Crippen molar-refractivity contribution in [1.82, 2.24) is 9.62 Å². The van der Waals surface area contributed by atoms with Crippen molar-refractivity contribution in [1.29, 1.82) is 0 Å². The molecule has 1 amide bonds. The number of sulfonamides is 1. The lowest BCUT2D eigenvalue weighted by Crippen LogP contribution is -2.42. The van der Waals surface area contributed by atoms with Gasteiger partial charge in [-0.05, 0) is 30.5 Å². The highest BCUT2D eigenvalue weighted by Crippen LogP contribution is 2.14. The first kappa shape index (κ1) is 18.8. The van der Waals surface area contributed by atoms with Crippen LogP contribution >= 0.6 is 0 Å². The Labute approximate surface area is 142 Å². The Bertz CT molecular complexity index is 643. The molecule has 0 saturated carbocycles. The SMILES string of the molecule is CS(=O)(=O)N(CCNC(=O)Cc1ccc(F)cc1)CC1CCCO1. The summed E-state index contributed by atoms with van der Waals surface area (Å²) in [7, 11) is -3.35. The van der Waals surface area contributed by atoms with Gasteiger partial charge in [0.25, 0.3) is 0 Å². The van der Waals surface area contributed by atoms with Gasteiger partial charge in [-0.1, -0.05) is 12.1 Å². The molecule has 0 radical (unpaired) electrons. The fourth-order valence-corrected chi connectivity index (χ4v) is 3.44.